The third-order valence-electron chi connectivity index (χ3n) is 2.74. The number of nitrogens with one attached hydrogen (secondary N) is 2. The Hall–Kier alpha value is -1.36. The highest BCUT2D eigenvalue weighted by atomic mass is 35.5. The Balaban J connectivity index is 2.45. The zero-order chi connectivity index (χ0) is 15.0. The van der Waals surface area contributed by atoms with E-state index in [9.17, 15) is 4.79 Å². The molecule has 0 saturated heterocycles. The standard InChI is InChI=1S/C14H23ClN4O/c1-4-5-11-13(15)18-9-19-14(11)16-7-6-12(20)17-8-10(2)3/h9-10H,4-8H2,1-3H3,(H,17,20)(H,16,18,19). The Morgan fingerprint density at radius 2 is 2.15 bits per heavy atom. The third-order valence-corrected chi connectivity index (χ3v) is 3.07. The van der Waals surface area contributed by atoms with Crippen LogP contribution >= 0.6 is 11.6 Å². The smallest absolute Gasteiger partial charge is 0.221 e. The molecule has 0 aromatic carbocycles. The van der Waals surface area contributed by atoms with E-state index >= 15 is 0 Å². The van der Waals surface area contributed by atoms with Crippen LogP contribution in [0, 0.1) is 5.92 Å². The molecule has 1 amide bonds. The minimum absolute atomic E-state index is 0.0448. The second kappa shape index (κ2) is 8.74. The van der Waals surface area contributed by atoms with Crippen LogP contribution in [0.25, 0.3) is 0 Å². The lowest BCUT2D eigenvalue weighted by Crippen LogP contribution is -2.28. The predicted octanol–water partition coefficient (Wildman–Crippen LogP) is 2.66. The largest absolute Gasteiger partial charge is 0.369 e. The van der Waals surface area contributed by atoms with Gasteiger partial charge in [-0.3, -0.25) is 4.79 Å². The zero-order valence-corrected chi connectivity index (χ0v) is 13.1. The molecule has 1 aromatic rings. The van der Waals surface area contributed by atoms with Gasteiger partial charge in [-0.1, -0.05) is 38.8 Å². The highest BCUT2D eigenvalue weighted by Crippen LogP contribution is 2.21. The Kier molecular flexibility index (Phi) is 7.30. The molecule has 0 radical (unpaired) electrons. The molecule has 0 aliphatic carbocycles. The first kappa shape index (κ1) is 16.7. The van der Waals surface area contributed by atoms with Gasteiger partial charge in [0.15, 0.2) is 0 Å². The summed E-state index contributed by atoms with van der Waals surface area (Å²) in [6.45, 7) is 7.45. The van der Waals surface area contributed by atoms with Crippen molar-refractivity contribution < 1.29 is 4.79 Å². The maximum Gasteiger partial charge on any atom is 0.221 e. The number of hydrogen-bond donors (Lipinski definition) is 2. The summed E-state index contributed by atoms with van der Waals surface area (Å²) in [6, 6.07) is 0. The van der Waals surface area contributed by atoms with Crippen LogP contribution < -0.4 is 10.6 Å². The van der Waals surface area contributed by atoms with Crippen molar-refractivity contribution in [1.29, 1.82) is 0 Å². The average molecular weight is 299 g/mol. The van der Waals surface area contributed by atoms with Crippen molar-refractivity contribution in [1.82, 2.24) is 15.3 Å². The number of hydrogen-bond acceptors (Lipinski definition) is 4. The summed E-state index contributed by atoms with van der Waals surface area (Å²) in [4.78, 5) is 19.8. The SMILES string of the molecule is CCCc1c(Cl)ncnc1NCCC(=O)NCC(C)C. The molecule has 6 heteroatoms. The predicted molar refractivity (Wildman–Crippen MR) is 82.0 cm³/mol. The van der Waals surface area contributed by atoms with Crippen molar-refractivity contribution in [3.8, 4) is 0 Å². The zero-order valence-electron chi connectivity index (χ0n) is 12.4. The van der Waals surface area contributed by atoms with Crippen molar-refractivity contribution >= 4 is 23.3 Å². The van der Waals surface area contributed by atoms with Crippen LogP contribution in [-0.4, -0.2) is 29.0 Å². The molecule has 0 atom stereocenters. The molecule has 0 bridgehead atoms. The van der Waals surface area contributed by atoms with Gasteiger partial charge in [0.2, 0.25) is 5.91 Å². The highest BCUT2D eigenvalue weighted by molar-refractivity contribution is 6.30. The van der Waals surface area contributed by atoms with E-state index in [1.54, 1.807) is 0 Å². The Labute approximate surface area is 125 Å². The van der Waals surface area contributed by atoms with E-state index in [0.717, 1.165) is 24.2 Å². The van der Waals surface area contributed by atoms with Crippen molar-refractivity contribution in [3.05, 3.63) is 17.0 Å². The van der Waals surface area contributed by atoms with Crippen LogP contribution in [0.15, 0.2) is 6.33 Å². The van der Waals surface area contributed by atoms with E-state index in [1.807, 2.05) is 0 Å². The van der Waals surface area contributed by atoms with Crippen LogP contribution in [0.1, 0.15) is 39.2 Å². The molecule has 112 valence electrons. The van der Waals surface area contributed by atoms with Gasteiger partial charge in [0.1, 0.15) is 17.3 Å². The molecule has 1 aromatic heterocycles. The van der Waals surface area contributed by atoms with E-state index in [4.69, 9.17) is 11.6 Å². The van der Waals surface area contributed by atoms with Gasteiger partial charge >= 0.3 is 0 Å². The van der Waals surface area contributed by atoms with Crippen molar-refractivity contribution in [2.75, 3.05) is 18.4 Å². The molecular formula is C14H23ClN4O. The Morgan fingerprint density at radius 1 is 1.40 bits per heavy atom. The van der Waals surface area contributed by atoms with Gasteiger partial charge in [0.05, 0.1) is 0 Å². The molecule has 0 unspecified atom stereocenters. The fraction of sp³-hybridized carbons (Fsp3) is 0.643. The van der Waals surface area contributed by atoms with Crippen molar-refractivity contribution in [2.24, 2.45) is 5.92 Å². The molecule has 20 heavy (non-hydrogen) atoms. The highest BCUT2D eigenvalue weighted by Gasteiger charge is 2.09. The summed E-state index contributed by atoms with van der Waals surface area (Å²) >= 11 is 6.06. The molecule has 0 fully saturated rings. The number of carbonyl (C=O) groups is 1. The lowest BCUT2D eigenvalue weighted by molar-refractivity contribution is -0.120. The van der Waals surface area contributed by atoms with E-state index < -0.39 is 0 Å². The number of carbonyl (C=O) groups excluding carboxylic acids is 1. The number of halogens is 1. The van der Waals surface area contributed by atoms with Crippen LogP contribution in [0.4, 0.5) is 5.82 Å². The fourth-order valence-electron chi connectivity index (χ4n) is 1.72. The molecule has 0 saturated carbocycles. The van der Waals surface area contributed by atoms with E-state index in [1.165, 1.54) is 6.33 Å². The van der Waals surface area contributed by atoms with E-state index in [2.05, 4.69) is 41.4 Å². The van der Waals surface area contributed by atoms with Gasteiger partial charge in [-0.15, -0.1) is 0 Å². The summed E-state index contributed by atoms with van der Waals surface area (Å²) in [6.07, 6.45) is 3.64. The van der Waals surface area contributed by atoms with Gasteiger partial charge in [-0.25, -0.2) is 9.97 Å². The van der Waals surface area contributed by atoms with Gasteiger partial charge in [0, 0.05) is 25.1 Å². The second-order valence-corrected chi connectivity index (χ2v) is 5.47. The first-order valence-corrected chi connectivity index (χ1v) is 7.42. The number of rotatable bonds is 8. The summed E-state index contributed by atoms with van der Waals surface area (Å²) in [5.74, 6) is 1.23. The molecule has 0 aliphatic rings. The lowest BCUT2D eigenvalue weighted by atomic mass is 10.2. The van der Waals surface area contributed by atoms with Gasteiger partial charge in [0.25, 0.3) is 0 Å². The van der Waals surface area contributed by atoms with Crippen molar-refractivity contribution in [3.63, 3.8) is 0 Å². The minimum atomic E-state index is 0.0448. The normalized spacial score (nSPS) is 10.7. The molecule has 0 spiro atoms. The summed E-state index contributed by atoms with van der Waals surface area (Å²) in [7, 11) is 0. The summed E-state index contributed by atoms with van der Waals surface area (Å²) in [5.41, 5.74) is 0.916. The second-order valence-electron chi connectivity index (χ2n) is 5.12. The molecule has 1 heterocycles. The van der Waals surface area contributed by atoms with E-state index in [0.29, 0.717) is 30.6 Å². The summed E-state index contributed by atoms with van der Waals surface area (Å²) in [5, 5.41) is 6.52. The van der Waals surface area contributed by atoms with Crippen molar-refractivity contribution in [2.45, 2.75) is 40.0 Å². The maximum absolute atomic E-state index is 11.6. The minimum Gasteiger partial charge on any atom is -0.369 e. The number of anilines is 1. The number of nitrogens with zero attached hydrogens (tertiary/aromatic N) is 2. The van der Waals surface area contributed by atoms with Crippen LogP contribution in [0.2, 0.25) is 5.15 Å². The number of aromatic nitrogens is 2. The van der Waals surface area contributed by atoms with Gasteiger partial charge in [-0.2, -0.15) is 0 Å². The first-order chi connectivity index (χ1) is 9.54. The Bertz CT molecular complexity index is 437. The quantitative estimate of drug-likeness (QED) is 0.724. The summed E-state index contributed by atoms with van der Waals surface area (Å²) < 4.78 is 0. The maximum atomic E-state index is 11.6. The lowest BCUT2D eigenvalue weighted by Gasteiger charge is -2.11. The van der Waals surface area contributed by atoms with Gasteiger partial charge < -0.3 is 10.6 Å². The van der Waals surface area contributed by atoms with E-state index in [-0.39, 0.29) is 5.91 Å². The molecular weight excluding hydrogens is 276 g/mol. The van der Waals surface area contributed by atoms with Crippen LogP contribution in [-0.2, 0) is 11.2 Å². The topological polar surface area (TPSA) is 66.9 Å². The molecule has 2 N–H and O–H groups in total. The van der Waals surface area contributed by atoms with Crippen LogP contribution in [0.3, 0.4) is 0 Å². The molecule has 1 rings (SSSR count). The fourth-order valence-corrected chi connectivity index (χ4v) is 1.94. The first-order valence-electron chi connectivity index (χ1n) is 7.04. The van der Waals surface area contributed by atoms with Crippen LogP contribution in [0.5, 0.6) is 0 Å². The third kappa shape index (κ3) is 5.74. The molecule has 5 nitrogen and oxygen atoms in total. The molecule has 0 aliphatic heterocycles. The monoisotopic (exact) mass is 298 g/mol. The number of amides is 1. The van der Waals surface area contributed by atoms with Gasteiger partial charge in [-0.05, 0) is 12.3 Å². The Morgan fingerprint density at radius 3 is 2.80 bits per heavy atom. The average Bonchev–Trinajstić information content (AvgIpc) is 2.40.